The van der Waals surface area contributed by atoms with Crippen LogP contribution in [0.3, 0.4) is 0 Å². The van der Waals surface area contributed by atoms with Gasteiger partial charge in [-0.05, 0) is 54.9 Å². The number of benzene rings is 2. The van der Waals surface area contributed by atoms with Gasteiger partial charge in [0.25, 0.3) is 0 Å². The van der Waals surface area contributed by atoms with Crippen molar-refractivity contribution in [3.63, 3.8) is 0 Å². The van der Waals surface area contributed by atoms with Gasteiger partial charge in [0.1, 0.15) is 6.04 Å². The molecule has 5 amide bonds. The van der Waals surface area contributed by atoms with E-state index in [1.165, 1.54) is 0 Å². The highest BCUT2D eigenvalue weighted by Crippen LogP contribution is 2.23. The summed E-state index contributed by atoms with van der Waals surface area (Å²) >= 11 is 0. The fourth-order valence-corrected chi connectivity index (χ4v) is 6.52. The molecular weight excluding hydrogens is 674 g/mol. The van der Waals surface area contributed by atoms with E-state index in [1.54, 1.807) is 14.8 Å². The van der Waals surface area contributed by atoms with Gasteiger partial charge in [0.2, 0.25) is 11.8 Å². The highest BCUT2D eigenvalue weighted by molar-refractivity contribution is 5.88. The van der Waals surface area contributed by atoms with Gasteiger partial charge < -0.3 is 30.6 Å². The second-order valence-electron chi connectivity index (χ2n) is 14.1. The Kier molecular flexibility index (Phi) is 15.6. The zero-order valence-electron chi connectivity index (χ0n) is 31.3. The lowest BCUT2D eigenvalue weighted by Gasteiger charge is -2.35. The van der Waals surface area contributed by atoms with Crippen LogP contribution in [0.5, 0.6) is 0 Å². The van der Waals surface area contributed by atoms with Crippen LogP contribution < -0.4 is 16.1 Å². The Bertz CT molecular complexity index is 1630. The highest BCUT2D eigenvalue weighted by Gasteiger charge is 2.41. The fraction of sp³-hybridized carbons (Fsp3) is 0.475. The average Bonchev–Trinajstić information content (AvgIpc) is 3.48. The van der Waals surface area contributed by atoms with Crippen LogP contribution in [0.15, 0.2) is 78.9 Å². The van der Waals surface area contributed by atoms with Crippen molar-refractivity contribution in [2.75, 3.05) is 26.2 Å². The number of hydrogen-bond acceptors (Lipinski definition) is 7. The van der Waals surface area contributed by atoms with Crippen LogP contribution in [0.1, 0.15) is 62.5 Å². The van der Waals surface area contributed by atoms with E-state index in [-0.39, 0.29) is 49.2 Å². The first kappa shape index (κ1) is 40.8. The van der Waals surface area contributed by atoms with Crippen LogP contribution in [0.2, 0.25) is 0 Å². The Hall–Kier alpha value is -5.01. The summed E-state index contributed by atoms with van der Waals surface area (Å²) in [5.74, 6) is -0.824. The first-order valence-electron chi connectivity index (χ1n) is 18.5. The molecule has 0 bridgehead atoms. The number of carboxylic acid groups (broad SMARTS) is 1. The summed E-state index contributed by atoms with van der Waals surface area (Å²) in [6.07, 6.45) is -0.618. The molecule has 1 aromatic heterocycles. The highest BCUT2D eigenvalue weighted by atomic mass is 16.4. The number of nitrogens with one attached hydrogen (secondary N) is 3. The molecule has 1 aliphatic rings. The number of nitrogens with zero attached hydrogens (tertiary/aromatic N) is 4. The molecule has 4 rings (SSSR count). The number of urea groups is 1. The lowest BCUT2D eigenvalue weighted by molar-refractivity contribution is -0.130. The maximum atomic E-state index is 14.3. The Balaban J connectivity index is 1.51. The number of hydrogen-bond donors (Lipinski definition) is 5. The Morgan fingerprint density at radius 3 is 2.26 bits per heavy atom. The van der Waals surface area contributed by atoms with E-state index in [1.807, 2.05) is 107 Å². The van der Waals surface area contributed by atoms with Crippen LogP contribution in [0.4, 0.5) is 9.59 Å². The summed E-state index contributed by atoms with van der Waals surface area (Å²) in [6, 6.07) is 23.1. The normalized spacial score (nSPS) is 15.8. The molecule has 286 valence electrons. The average molecular weight is 730 g/mol. The number of hydrazine groups is 1. The molecule has 5 N–H and O–H groups in total. The number of aliphatic hydroxyl groups excluding tert-OH is 1. The molecule has 2 heterocycles. The van der Waals surface area contributed by atoms with Crippen LogP contribution in [-0.4, -0.2) is 98.3 Å². The SMILES string of the molecule is CC[C@H](C)[C@@H](C(=O)N[C@@H](Cc1ccccc1)[C@@H](O)CN(Cc1ccccc1)NC(=O)CC[C@H](C)CNC(=O)O)N1CCN(Cc2cccc(C)n2)C1=O. The summed E-state index contributed by atoms with van der Waals surface area (Å²) in [4.78, 5) is 60.0. The molecule has 0 aliphatic carbocycles. The Morgan fingerprint density at radius 2 is 1.62 bits per heavy atom. The fourth-order valence-electron chi connectivity index (χ4n) is 6.52. The van der Waals surface area contributed by atoms with E-state index in [2.05, 4.69) is 21.0 Å². The van der Waals surface area contributed by atoms with Crippen molar-refractivity contribution < 1.29 is 29.4 Å². The van der Waals surface area contributed by atoms with Crippen molar-refractivity contribution in [2.24, 2.45) is 11.8 Å². The van der Waals surface area contributed by atoms with Gasteiger partial charge in [-0.2, -0.15) is 0 Å². The van der Waals surface area contributed by atoms with Gasteiger partial charge in [-0.3, -0.25) is 20.0 Å². The van der Waals surface area contributed by atoms with Crippen LogP contribution in [0.25, 0.3) is 0 Å². The molecule has 5 atom stereocenters. The maximum Gasteiger partial charge on any atom is 0.404 e. The van der Waals surface area contributed by atoms with E-state index in [4.69, 9.17) is 5.11 Å². The van der Waals surface area contributed by atoms with Gasteiger partial charge in [-0.15, -0.1) is 0 Å². The van der Waals surface area contributed by atoms with Crippen molar-refractivity contribution in [1.82, 2.24) is 35.9 Å². The van der Waals surface area contributed by atoms with Crippen LogP contribution >= 0.6 is 0 Å². The minimum atomic E-state index is -1.11. The second kappa shape index (κ2) is 20.3. The number of aromatic nitrogens is 1. The van der Waals surface area contributed by atoms with E-state index < -0.39 is 24.3 Å². The number of aryl methyl sites for hydroxylation is 1. The zero-order valence-corrected chi connectivity index (χ0v) is 31.3. The standard InChI is InChI=1S/C40H55N7O6/c1-5-29(3)37(47-22-21-45(40(47)53)26-33-18-12-13-30(4)42-33)38(50)43-34(23-31-14-8-6-9-15-31)35(48)27-46(25-32-16-10-7-11-17-32)44-36(49)20-19-28(2)24-41-39(51)52/h6-18,28-29,34-35,37,41,48H,5,19-27H2,1-4H3,(H,43,50)(H,44,49)(H,51,52)/t28-,29-,34-,35-,37-/m0/s1. The molecule has 0 spiro atoms. The lowest BCUT2D eigenvalue weighted by Crippen LogP contribution is -2.58. The molecule has 1 aliphatic heterocycles. The smallest absolute Gasteiger partial charge is 0.404 e. The molecular formula is C40H55N7O6. The third kappa shape index (κ3) is 12.9. The van der Waals surface area contributed by atoms with Crippen molar-refractivity contribution in [3.05, 3.63) is 101 Å². The minimum Gasteiger partial charge on any atom is -0.465 e. The molecule has 3 aromatic rings. The molecule has 2 aromatic carbocycles. The Morgan fingerprint density at radius 1 is 0.943 bits per heavy atom. The maximum absolute atomic E-state index is 14.3. The van der Waals surface area contributed by atoms with E-state index in [0.717, 1.165) is 22.5 Å². The van der Waals surface area contributed by atoms with Gasteiger partial charge >= 0.3 is 12.1 Å². The van der Waals surface area contributed by atoms with Gasteiger partial charge in [0.05, 0.1) is 24.4 Å². The number of aliphatic hydroxyl groups is 1. The Labute approximate surface area is 312 Å². The number of pyridine rings is 1. The zero-order chi connectivity index (χ0) is 38.3. The first-order valence-corrected chi connectivity index (χ1v) is 18.5. The number of carbonyl (C=O) groups excluding carboxylic acids is 3. The molecule has 1 fully saturated rings. The molecule has 0 radical (unpaired) electrons. The summed E-state index contributed by atoms with van der Waals surface area (Å²) in [5.41, 5.74) is 6.42. The topological polar surface area (TPSA) is 167 Å². The summed E-state index contributed by atoms with van der Waals surface area (Å²) in [5, 5.41) is 27.9. The number of rotatable bonds is 20. The van der Waals surface area contributed by atoms with Crippen molar-refractivity contribution in [2.45, 2.75) is 84.7 Å². The molecule has 0 unspecified atom stereocenters. The number of carbonyl (C=O) groups is 4. The largest absolute Gasteiger partial charge is 0.465 e. The van der Waals surface area contributed by atoms with Gasteiger partial charge in [-0.1, -0.05) is 93.9 Å². The molecule has 13 heteroatoms. The van der Waals surface area contributed by atoms with Gasteiger partial charge in [0, 0.05) is 44.8 Å². The van der Waals surface area contributed by atoms with E-state index >= 15 is 0 Å². The van der Waals surface area contributed by atoms with Crippen molar-refractivity contribution in [3.8, 4) is 0 Å². The second-order valence-corrected chi connectivity index (χ2v) is 14.1. The molecule has 0 saturated carbocycles. The van der Waals surface area contributed by atoms with Gasteiger partial charge in [0.15, 0.2) is 0 Å². The third-order valence-corrected chi connectivity index (χ3v) is 9.68. The van der Waals surface area contributed by atoms with E-state index in [9.17, 15) is 24.3 Å². The third-order valence-electron chi connectivity index (χ3n) is 9.68. The van der Waals surface area contributed by atoms with Crippen LogP contribution in [-0.2, 0) is 29.1 Å². The van der Waals surface area contributed by atoms with Gasteiger partial charge in [-0.25, -0.2) is 14.6 Å². The van der Waals surface area contributed by atoms with Crippen LogP contribution in [0, 0.1) is 18.8 Å². The molecule has 53 heavy (non-hydrogen) atoms. The first-order chi connectivity index (χ1) is 25.4. The van der Waals surface area contributed by atoms with Crippen molar-refractivity contribution >= 4 is 23.9 Å². The summed E-state index contributed by atoms with van der Waals surface area (Å²) in [6.45, 7) is 9.47. The lowest BCUT2D eigenvalue weighted by atomic mass is 9.95. The molecule has 1 saturated heterocycles. The summed E-state index contributed by atoms with van der Waals surface area (Å²) < 4.78 is 0. The quantitative estimate of drug-likeness (QED) is 0.107. The minimum absolute atomic E-state index is 0.00243. The molecule has 13 nitrogen and oxygen atoms in total. The number of amides is 5. The monoisotopic (exact) mass is 729 g/mol. The predicted octanol–water partition coefficient (Wildman–Crippen LogP) is 4.35. The van der Waals surface area contributed by atoms with Crippen molar-refractivity contribution in [1.29, 1.82) is 0 Å². The van der Waals surface area contributed by atoms with E-state index in [0.29, 0.717) is 45.4 Å². The summed E-state index contributed by atoms with van der Waals surface area (Å²) in [7, 11) is 0. The predicted molar refractivity (Wildman–Crippen MR) is 202 cm³/mol.